The lowest BCUT2D eigenvalue weighted by atomic mass is 9.87. The molecule has 28 heavy (non-hydrogen) atoms. The summed E-state index contributed by atoms with van der Waals surface area (Å²) in [6.07, 6.45) is 1.82. The summed E-state index contributed by atoms with van der Waals surface area (Å²) in [7, 11) is 0. The Labute approximate surface area is 174 Å². The number of thioether (sulfide) groups is 2. The largest absolute Gasteiger partial charge is 0.481 e. The Bertz CT molecular complexity index is 786. The van der Waals surface area contributed by atoms with Gasteiger partial charge in [-0.25, -0.2) is 0 Å². The first kappa shape index (κ1) is 21.0. The van der Waals surface area contributed by atoms with Crippen molar-refractivity contribution in [3.63, 3.8) is 0 Å². The number of ether oxygens (including phenoxy) is 1. The van der Waals surface area contributed by atoms with E-state index in [0.29, 0.717) is 5.69 Å². The maximum atomic E-state index is 12.9. The monoisotopic (exact) mass is 444 g/mol. The van der Waals surface area contributed by atoms with Gasteiger partial charge in [-0.1, -0.05) is 0 Å². The number of β-lactam (4-membered cyclic amide) rings is 1. The minimum atomic E-state index is -1.34. The number of rotatable bonds is 7. The molecule has 3 rings (SSSR count). The smallest absolute Gasteiger partial charge is 0.315 e. The van der Waals surface area contributed by atoms with Gasteiger partial charge in [-0.3, -0.25) is 24.1 Å². The molecule has 1 N–H and O–H groups in total. The SMILES string of the molecule is CSCC(=O)N(c1ccsc1)C1C(=O)N2CC(COC(C)=O)(C(=O)O)CS[C@H]12. The van der Waals surface area contributed by atoms with Crippen molar-refractivity contribution in [2.24, 2.45) is 5.41 Å². The van der Waals surface area contributed by atoms with Crippen molar-refractivity contribution in [2.75, 3.05) is 35.8 Å². The maximum Gasteiger partial charge on any atom is 0.315 e. The zero-order valence-electron chi connectivity index (χ0n) is 15.3. The molecule has 2 unspecified atom stereocenters. The van der Waals surface area contributed by atoms with E-state index in [0.717, 1.165) is 0 Å². The molecule has 2 amide bonds. The second-order valence-electron chi connectivity index (χ2n) is 6.66. The Morgan fingerprint density at radius 3 is 2.79 bits per heavy atom. The molecular formula is C17H20N2O6S3. The highest BCUT2D eigenvalue weighted by atomic mass is 32.2. The molecular weight excluding hydrogens is 424 g/mol. The zero-order valence-corrected chi connectivity index (χ0v) is 17.8. The van der Waals surface area contributed by atoms with Crippen LogP contribution in [0.4, 0.5) is 5.69 Å². The van der Waals surface area contributed by atoms with Crippen LogP contribution in [-0.2, 0) is 23.9 Å². The van der Waals surface area contributed by atoms with E-state index in [-0.39, 0.29) is 41.8 Å². The van der Waals surface area contributed by atoms with Crippen LogP contribution in [0.1, 0.15) is 6.92 Å². The molecule has 0 radical (unpaired) electrons. The zero-order chi connectivity index (χ0) is 20.5. The Morgan fingerprint density at radius 1 is 1.46 bits per heavy atom. The lowest BCUT2D eigenvalue weighted by molar-refractivity contribution is -0.163. The second-order valence-corrected chi connectivity index (χ2v) is 9.41. The number of nitrogens with zero attached hydrogens (tertiary/aromatic N) is 2. The molecule has 11 heteroatoms. The molecule has 1 aromatic rings. The highest BCUT2D eigenvalue weighted by Gasteiger charge is 2.60. The van der Waals surface area contributed by atoms with E-state index >= 15 is 0 Å². The molecule has 152 valence electrons. The highest BCUT2D eigenvalue weighted by Crippen LogP contribution is 2.45. The van der Waals surface area contributed by atoms with Gasteiger partial charge in [0.15, 0.2) is 0 Å². The lowest BCUT2D eigenvalue weighted by Gasteiger charge is -2.55. The van der Waals surface area contributed by atoms with Gasteiger partial charge in [-0.2, -0.15) is 23.1 Å². The normalized spacial score (nSPS) is 26.2. The van der Waals surface area contributed by atoms with Crippen LogP contribution in [0.3, 0.4) is 0 Å². The van der Waals surface area contributed by atoms with Crippen molar-refractivity contribution in [1.82, 2.24) is 4.90 Å². The van der Waals surface area contributed by atoms with Crippen LogP contribution in [0.2, 0.25) is 0 Å². The molecule has 0 aromatic carbocycles. The molecule has 2 aliphatic rings. The minimum absolute atomic E-state index is 0.0448. The van der Waals surface area contributed by atoms with Gasteiger partial charge in [0.05, 0.1) is 11.4 Å². The molecule has 2 aliphatic heterocycles. The number of carbonyl (C=O) groups is 4. The fraction of sp³-hybridized carbons (Fsp3) is 0.529. The molecule has 0 bridgehead atoms. The summed E-state index contributed by atoms with van der Waals surface area (Å²) in [4.78, 5) is 51.6. The van der Waals surface area contributed by atoms with E-state index in [9.17, 15) is 24.3 Å². The third-order valence-electron chi connectivity index (χ3n) is 4.72. The molecule has 3 heterocycles. The van der Waals surface area contributed by atoms with E-state index in [1.165, 1.54) is 51.6 Å². The number of hydrogen-bond donors (Lipinski definition) is 1. The summed E-state index contributed by atoms with van der Waals surface area (Å²) >= 11 is 4.13. The van der Waals surface area contributed by atoms with E-state index in [1.54, 1.807) is 6.07 Å². The van der Waals surface area contributed by atoms with Gasteiger partial charge in [-0.15, -0.1) is 11.8 Å². The summed E-state index contributed by atoms with van der Waals surface area (Å²) in [6, 6.07) is 1.15. The summed E-state index contributed by atoms with van der Waals surface area (Å²) in [5, 5.41) is 13.0. The molecule has 0 aliphatic carbocycles. The van der Waals surface area contributed by atoms with Crippen molar-refractivity contribution < 1.29 is 29.0 Å². The fourth-order valence-corrected chi connectivity index (χ4v) is 5.86. The van der Waals surface area contributed by atoms with Crippen LogP contribution in [0.5, 0.6) is 0 Å². The van der Waals surface area contributed by atoms with Crippen LogP contribution >= 0.6 is 34.9 Å². The maximum absolute atomic E-state index is 12.9. The van der Waals surface area contributed by atoms with Gasteiger partial charge in [0, 0.05) is 24.6 Å². The molecule has 3 atom stereocenters. The van der Waals surface area contributed by atoms with Crippen molar-refractivity contribution >= 4 is 64.3 Å². The van der Waals surface area contributed by atoms with Gasteiger partial charge in [0.2, 0.25) is 11.8 Å². The first-order valence-corrected chi connectivity index (χ1v) is 11.8. The molecule has 0 saturated carbocycles. The number of amides is 2. The summed E-state index contributed by atoms with van der Waals surface area (Å²) in [6.45, 7) is 0.886. The third-order valence-corrected chi connectivity index (χ3v) is 7.50. The average molecular weight is 445 g/mol. The number of anilines is 1. The topological polar surface area (TPSA) is 104 Å². The van der Waals surface area contributed by atoms with Crippen molar-refractivity contribution in [3.8, 4) is 0 Å². The molecule has 1 aromatic heterocycles. The highest BCUT2D eigenvalue weighted by molar-refractivity contribution is 8.00. The third kappa shape index (κ3) is 3.74. The molecule has 0 spiro atoms. The Hall–Kier alpha value is -1.72. The van der Waals surface area contributed by atoms with Gasteiger partial charge in [-0.05, 0) is 17.7 Å². The fourth-order valence-electron chi connectivity index (χ4n) is 3.27. The number of carbonyl (C=O) groups excluding carboxylic acids is 3. The first-order chi connectivity index (χ1) is 13.3. The molecule has 2 saturated heterocycles. The molecule has 8 nitrogen and oxygen atoms in total. The van der Waals surface area contributed by atoms with Gasteiger partial charge in [0.25, 0.3) is 0 Å². The average Bonchev–Trinajstić information content (AvgIpc) is 3.18. The van der Waals surface area contributed by atoms with Crippen molar-refractivity contribution in [1.29, 1.82) is 0 Å². The summed E-state index contributed by atoms with van der Waals surface area (Å²) in [5.41, 5.74) is -0.665. The minimum Gasteiger partial charge on any atom is -0.481 e. The number of esters is 1. The number of fused-ring (bicyclic) bond motifs is 1. The Morgan fingerprint density at radius 2 is 2.21 bits per heavy atom. The van der Waals surface area contributed by atoms with E-state index in [4.69, 9.17) is 4.74 Å². The predicted molar refractivity (Wildman–Crippen MR) is 109 cm³/mol. The first-order valence-electron chi connectivity index (χ1n) is 8.43. The summed E-state index contributed by atoms with van der Waals surface area (Å²) in [5.74, 6) is -1.67. The predicted octanol–water partition coefficient (Wildman–Crippen LogP) is 1.36. The standard InChI is InChI=1S/C17H20N2O6S3/c1-10(20)25-8-17(16(23)24)7-18-14(22)13(15(18)28-9-17)19(12(21)6-26-2)11-3-4-27-5-11/h3-5,13,15H,6-9H2,1-2H3,(H,23,24)/t13?,15-,17?/m1/s1. The van der Waals surface area contributed by atoms with Crippen LogP contribution in [0.25, 0.3) is 0 Å². The summed E-state index contributed by atoms with van der Waals surface area (Å²) < 4.78 is 4.96. The Balaban J connectivity index is 1.80. The van der Waals surface area contributed by atoms with Gasteiger partial charge < -0.3 is 14.7 Å². The Kier molecular flexibility index (Phi) is 6.25. The van der Waals surface area contributed by atoms with E-state index in [2.05, 4.69) is 0 Å². The van der Waals surface area contributed by atoms with E-state index < -0.39 is 23.4 Å². The number of aliphatic carboxylic acids is 1. The molecule has 2 fully saturated rings. The lowest BCUT2D eigenvalue weighted by Crippen LogP contribution is -2.75. The van der Waals surface area contributed by atoms with Gasteiger partial charge >= 0.3 is 11.9 Å². The number of hydrogen-bond acceptors (Lipinski definition) is 8. The van der Waals surface area contributed by atoms with E-state index in [1.807, 2.05) is 17.0 Å². The van der Waals surface area contributed by atoms with Crippen LogP contribution < -0.4 is 4.90 Å². The second kappa shape index (κ2) is 8.34. The van der Waals surface area contributed by atoms with Crippen molar-refractivity contribution in [3.05, 3.63) is 16.8 Å². The number of carboxylic acids is 1. The van der Waals surface area contributed by atoms with Crippen LogP contribution in [-0.4, -0.2) is 76.1 Å². The number of carboxylic acid groups (broad SMARTS) is 1. The van der Waals surface area contributed by atoms with Gasteiger partial charge in [0.1, 0.15) is 23.4 Å². The van der Waals surface area contributed by atoms with Crippen LogP contribution in [0, 0.1) is 5.41 Å². The quantitative estimate of drug-likeness (QED) is 0.497. The number of thiophene rings is 1. The van der Waals surface area contributed by atoms with Crippen molar-refractivity contribution in [2.45, 2.75) is 18.3 Å². The van der Waals surface area contributed by atoms with Crippen LogP contribution in [0.15, 0.2) is 16.8 Å².